The Kier molecular flexibility index (Phi) is 16.1. The number of hydrogen-bond acceptors (Lipinski definition) is 4. The number of aliphatic hydroxyl groups excluding tert-OH is 2. The Hall–Kier alpha value is -0.420. The summed E-state index contributed by atoms with van der Waals surface area (Å²) in [6, 6.07) is -0.00545. The van der Waals surface area contributed by atoms with Crippen molar-refractivity contribution >= 4 is 0 Å². The molecule has 160 valence electrons. The van der Waals surface area contributed by atoms with E-state index in [1.807, 2.05) is 0 Å². The monoisotopic (exact) mass is 382 g/mol. The van der Waals surface area contributed by atoms with Crippen LogP contribution in [0.25, 0.3) is 0 Å². The van der Waals surface area contributed by atoms with E-state index in [-0.39, 0.29) is 6.04 Å². The molecule has 1 saturated heterocycles. The van der Waals surface area contributed by atoms with Crippen molar-refractivity contribution in [3.63, 3.8) is 0 Å². The van der Waals surface area contributed by atoms with Gasteiger partial charge in [-0.2, -0.15) is 0 Å². The largest absolute Gasteiger partial charge is 0.389 e. The zero-order valence-corrected chi connectivity index (χ0v) is 17.8. The highest BCUT2D eigenvalue weighted by atomic mass is 16.3. The second-order valence-electron chi connectivity index (χ2n) is 8.21. The van der Waals surface area contributed by atoms with Crippen molar-refractivity contribution in [2.75, 3.05) is 19.6 Å². The van der Waals surface area contributed by atoms with Gasteiger partial charge in [0.05, 0.1) is 12.2 Å². The molecular weight excluding hydrogens is 336 g/mol. The minimum absolute atomic E-state index is 0.00545. The topological polar surface area (TPSA) is 64.5 Å². The summed E-state index contributed by atoms with van der Waals surface area (Å²) < 4.78 is 0. The first kappa shape index (κ1) is 24.6. The molecule has 4 N–H and O–H groups in total. The molecule has 1 aliphatic rings. The highest BCUT2D eigenvalue weighted by Gasteiger charge is 2.32. The van der Waals surface area contributed by atoms with E-state index in [9.17, 15) is 10.2 Å². The molecule has 4 heteroatoms. The van der Waals surface area contributed by atoms with Gasteiger partial charge in [-0.3, -0.25) is 0 Å². The Bertz CT molecular complexity index is 349. The fourth-order valence-corrected chi connectivity index (χ4v) is 3.73. The molecule has 0 radical (unpaired) electrons. The number of rotatable bonds is 18. The first-order valence-corrected chi connectivity index (χ1v) is 11.7. The summed E-state index contributed by atoms with van der Waals surface area (Å²) in [7, 11) is 0. The standard InChI is InChI=1S/C23H46N2O2/c1-2-3-4-5-6-7-8-9-10-11-12-13-14-15-16-17-18-24-19-21-23(27)22(26)20-25-21/h9-10,21-27H,2-8,11-20H2,1H3/t21-,22+,23-/m1/s1. The molecule has 1 aliphatic heterocycles. The maximum absolute atomic E-state index is 9.74. The van der Waals surface area contributed by atoms with E-state index in [1.54, 1.807) is 0 Å². The van der Waals surface area contributed by atoms with Crippen LogP contribution in [0, 0.1) is 0 Å². The first-order valence-electron chi connectivity index (χ1n) is 11.7. The number of allylic oxidation sites excluding steroid dienone is 2. The average molecular weight is 383 g/mol. The molecule has 0 saturated carbocycles. The molecule has 4 nitrogen and oxygen atoms in total. The van der Waals surface area contributed by atoms with Crippen LogP contribution in [0.2, 0.25) is 0 Å². The van der Waals surface area contributed by atoms with Crippen LogP contribution in [-0.4, -0.2) is 48.1 Å². The van der Waals surface area contributed by atoms with Gasteiger partial charge in [0.15, 0.2) is 0 Å². The lowest BCUT2D eigenvalue weighted by atomic mass is 10.1. The van der Waals surface area contributed by atoms with Gasteiger partial charge in [0.2, 0.25) is 0 Å². The fraction of sp³-hybridized carbons (Fsp3) is 0.913. The van der Waals surface area contributed by atoms with Crippen molar-refractivity contribution in [2.45, 2.75) is 115 Å². The van der Waals surface area contributed by atoms with E-state index in [1.165, 1.54) is 89.9 Å². The van der Waals surface area contributed by atoms with Gasteiger partial charge in [-0.15, -0.1) is 0 Å². The smallest absolute Gasteiger partial charge is 0.0976 e. The molecule has 1 fully saturated rings. The highest BCUT2D eigenvalue weighted by molar-refractivity contribution is 4.91. The van der Waals surface area contributed by atoms with Crippen LogP contribution in [-0.2, 0) is 0 Å². The third kappa shape index (κ3) is 13.4. The number of β-amino-alcohol motifs (C(OH)–C–C–N with tert-alkyl or cyclic N) is 1. The SMILES string of the molecule is CCCCCCCCC=CCCCCCCCCNC[C@H]1NC[C@H](O)[C@@H]1O. The summed E-state index contributed by atoms with van der Waals surface area (Å²) in [5, 5.41) is 25.7. The molecule has 0 spiro atoms. The number of nitrogens with one attached hydrogen (secondary N) is 2. The van der Waals surface area contributed by atoms with Crippen LogP contribution in [0.3, 0.4) is 0 Å². The van der Waals surface area contributed by atoms with Crippen LogP contribution >= 0.6 is 0 Å². The van der Waals surface area contributed by atoms with Gasteiger partial charge in [-0.25, -0.2) is 0 Å². The second-order valence-corrected chi connectivity index (χ2v) is 8.21. The van der Waals surface area contributed by atoms with E-state index in [0.29, 0.717) is 6.54 Å². The van der Waals surface area contributed by atoms with Crippen LogP contribution in [0.1, 0.15) is 96.8 Å². The molecule has 0 amide bonds. The Morgan fingerprint density at radius 1 is 0.815 bits per heavy atom. The quantitative estimate of drug-likeness (QED) is 0.211. The first-order chi connectivity index (χ1) is 13.3. The van der Waals surface area contributed by atoms with E-state index in [4.69, 9.17) is 0 Å². The Labute approximate surface area is 168 Å². The van der Waals surface area contributed by atoms with E-state index in [0.717, 1.165) is 13.1 Å². The highest BCUT2D eigenvalue weighted by Crippen LogP contribution is 2.10. The Balaban J connectivity index is 1.73. The summed E-state index contributed by atoms with van der Waals surface area (Å²) in [6.07, 6.45) is 22.2. The summed E-state index contributed by atoms with van der Waals surface area (Å²) in [4.78, 5) is 0. The predicted octanol–water partition coefficient (Wildman–Crippen LogP) is 4.31. The van der Waals surface area contributed by atoms with Crippen LogP contribution in [0.15, 0.2) is 12.2 Å². The lowest BCUT2D eigenvalue weighted by molar-refractivity contribution is 0.0407. The Morgan fingerprint density at radius 3 is 1.93 bits per heavy atom. The second kappa shape index (κ2) is 17.7. The van der Waals surface area contributed by atoms with Gasteiger partial charge in [0, 0.05) is 19.1 Å². The van der Waals surface area contributed by atoms with Crippen molar-refractivity contribution in [1.29, 1.82) is 0 Å². The van der Waals surface area contributed by atoms with Crippen molar-refractivity contribution < 1.29 is 10.2 Å². The zero-order valence-electron chi connectivity index (χ0n) is 17.8. The van der Waals surface area contributed by atoms with Gasteiger partial charge in [0.25, 0.3) is 0 Å². The van der Waals surface area contributed by atoms with E-state index >= 15 is 0 Å². The van der Waals surface area contributed by atoms with Gasteiger partial charge in [-0.05, 0) is 38.6 Å². The molecule has 1 rings (SSSR count). The molecule has 27 heavy (non-hydrogen) atoms. The number of unbranched alkanes of at least 4 members (excludes halogenated alkanes) is 12. The third-order valence-electron chi connectivity index (χ3n) is 5.63. The third-order valence-corrected chi connectivity index (χ3v) is 5.63. The molecule has 0 aromatic carbocycles. The lowest BCUT2D eigenvalue weighted by Gasteiger charge is -2.16. The van der Waals surface area contributed by atoms with Gasteiger partial charge >= 0.3 is 0 Å². The summed E-state index contributed by atoms with van der Waals surface area (Å²) in [5.74, 6) is 0. The molecule has 3 atom stereocenters. The molecule has 0 aliphatic carbocycles. The summed E-state index contributed by atoms with van der Waals surface area (Å²) in [6.45, 7) is 4.52. The molecule has 0 bridgehead atoms. The number of hydrogen-bond donors (Lipinski definition) is 4. The maximum Gasteiger partial charge on any atom is 0.0976 e. The number of aliphatic hydroxyl groups is 2. The van der Waals surface area contributed by atoms with Gasteiger partial charge in [-0.1, -0.05) is 76.9 Å². The minimum atomic E-state index is -0.627. The van der Waals surface area contributed by atoms with E-state index in [2.05, 4.69) is 29.7 Å². The van der Waals surface area contributed by atoms with Crippen molar-refractivity contribution in [2.24, 2.45) is 0 Å². The normalized spacial score (nSPS) is 22.9. The lowest BCUT2D eigenvalue weighted by Crippen LogP contribution is -2.41. The zero-order chi connectivity index (χ0) is 19.6. The minimum Gasteiger partial charge on any atom is -0.389 e. The van der Waals surface area contributed by atoms with Crippen molar-refractivity contribution in [3.05, 3.63) is 12.2 Å². The van der Waals surface area contributed by atoms with Crippen LogP contribution < -0.4 is 10.6 Å². The van der Waals surface area contributed by atoms with E-state index < -0.39 is 12.2 Å². The Morgan fingerprint density at radius 2 is 1.37 bits per heavy atom. The van der Waals surface area contributed by atoms with Crippen molar-refractivity contribution in [3.8, 4) is 0 Å². The fourth-order valence-electron chi connectivity index (χ4n) is 3.73. The molecule has 0 aromatic heterocycles. The molecule has 1 heterocycles. The van der Waals surface area contributed by atoms with Gasteiger partial charge in [0.1, 0.15) is 0 Å². The van der Waals surface area contributed by atoms with Gasteiger partial charge < -0.3 is 20.8 Å². The molecule has 0 unspecified atom stereocenters. The predicted molar refractivity (Wildman–Crippen MR) is 116 cm³/mol. The van der Waals surface area contributed by atoms with Crippen LogP contribution in [0.4, 0.5) is 0 Å². The van der Waals surface area contributed by atoms with Crippen molar-refractivity contribution in [1.82, 2.24) is 10.6 Å². The summed E-state index contributed by atoms with van der Waals surface area (Å²) in [5.41, 5.74) is 0. The molecular formula is C23H46N2O2. The maximum atomic E-state index is 9.74. The molecule has 0 aromatic rings. The average Bonchev–Trinajstić information content (AvgIpc) is 2.99. The van der Waals surface area contributed by atoms with Crippen LogP contribution in [0.5, 0.6) is 0 Å². The summed E-state index contributed by atoms with van der Waals surface area (Å²) >= 11 is 0.